The van der Waals surface area contributed by atoms with Gasteiger partial charge in [0, 0.05) is 0 Å². The molecule has 0 spiro atoms. The summed E-state index contributed by atoms with van der Waals surface area (Å²) in [5.74, 6) is -0.329. The van der Waals surface area contributed by atoms with Gasteiger partial charge in [-0.15, -0.1) is 0 Å². The van der Waals surface area contributed by atoms with Crippen molar-refractivity contribution >= 4 is 5.78 Å². The minimum Gasteiger partial charge on any atom is -0.507 e. The summed E-state index contributed by atoms with van der Waals surface area (Å²) >= 11 is 0. The van der Waals surface area contributed by atoms with E-state index in [2.05, 4.69) is 24.3 Å². The molecule has 0 saturated heterocycles. The number of hydrogen-bond donors (Lipinski definition) is 1. The molecule has 0 radical (unpaired) electrons. The zero-order valence-corrected chi connectivity index (χ0v) is 14.6. The lowest BCUT2D eigenvalue weighted by Crippen LogP contribution is -2.16. The third kappa shape index (κ3) is 3.97. The molecule has 3 aromatic carbocycles. The Hall–Kier alpha value is -2.87. The first-order chi connectivity index (χ1) is 12.0. The molecule has 2 heteroatoms. The fourth-order valence-electron chi connectivity index (χ4n) is 3.04. The maximum atomic E-state index is 13.2. The number of rotatable bonds is 5. The van der Waals surface area contributed by atoms with E-state index in [1.165, 1.54) is 5.56 Å². The molecule has 1 atom stereocenters. The molecule has 0 bridgehead atoms. The molecule has 126 valence electrons. The summed E-state index contributed by atoms with van der Waals surface area (Å²) in [4.78, 5) is 13.2. The van der Waals surface area contributed by atoms with Gasteiger partial charge in [-0.3, -0.25) is 4.79 Å². The zero-order chi connectivity index (χ0) is 17.8. The zero-order valence-electron chi connectivity index (χ0n) is 14.6. The highest BCUT2D eigenvalue weighted by Crippen LogP contribution is 2.29. The third-order valence-electron chi connectivity index (χ3n) is 4.50. The molecule has 0 heterocycles. The van der Waals surface area contributed by atoms with Crippen molar-refractivity contribution < 1.29 is 9.90 Å². The average molecular weight is 330 g/mol. The van der Waals surface area contributed by atoms with Crippen molar-refractivity contribution in [2.45, 2.75) is 26.2 Å². The second-order valence-electron chi connectivity index (χ2n) is 6.54. The van der Waals surface area contributed by atoms with Gasteiger partial charge in [0.05, 0.1) is 11.5 Å². The van der Waals surface area contributed by atoms with Crippen LogP contribution in [0.5, 0.6) is 5.75 Å². The van der Waals surface area contributed by atoms with Gasteiger partial charge < -0.3 is 5.11 Å². The van der Waals surface area contributed by atoms with E-state index in [9.17, 15) is 9.90 Å². The number of aromatic hydroxyl groups is 1. The lowest BCUT2D eigenvalue weighted by atomic mass is 9.85. The molecule has 0 aliphatic carbocycles. The predicted molar refractivity (Wildman–Crippen MR) is 101 cm³/mol. The molecule has 1 N–H and O–H groups in total. The smallest absolute Gasteiger partial charge is 0.174 e. The van der Waals surface area contributed by atoms with E-state index in [1.54, 1.807) is 12.1 Å². The number of ketones is 1. The molecule has 0 saturated carbocycles. The van der Waals surface area contributed by atoms with Crippen LogP contribution in [0.1, 0.15) is 38.5 Å². The summed E-state index contributed by atoms with van der Waals surface area (Å²) in [6, 6.07) is 23.2. The summed E-state index contributed by atoms with van der Waals surface area (Å²) < 4.78 is 0. The fraction of sp³-hybridized carbons (Fsp3) is 0.174. The van der Waals surface area contributed by atoms with Crippen LogP contribution in [0.15, 0.2) is 72.8 Å². The summed E-state index contributed by atoms with van der Waals surface area (Å²) in [5.41, 5.74) is 4.63. The van der Waals surface area contributed by atoms with Gasteiger partial charge in [0.15, 0.2) is 5.78 Å². The number of aryl methyl sites for hydroxylation is 2. The van der Waals surface area contributed by atoms with Crippen LogP contribution in [0, 0.1) is 13.8 Å². The Kier molecular flexibility index (Phi) is 4.99. The molecular formula is C23H22O2. The first-order valence-electron chi connectivity index (χ1n) is 8.49. The number of Topliss-reactive ketones (excluding diaryl/α,β-unsaturated/α-hetero) is 1. The van der Waals surface area contributed by atoms with Crippen molar-refractivity contribution in [3.63, 3.8) is 0 Å². The number of phenols is 1. The van der Waals surface area contributed by atoms with E-state index in [0.29, 0.717) is 12.0 Å². The second-order valence-corrected chi connectivity index (χ2v) is 6.54. The summed E-state index contributed by atoms with van der Waals surface area (Å²) in [7, 11) is 0. The average Bonchev–Trinajstić information content (AvgIpc) is 2.63. The van der Waals surface area contributed by atoms with Crippen LogP contribution >= 0.6 is 0 Å². The Bertz CT molecular complexity index is 864. The van der Waals surface area contributed by atoms with E-state index in [4.69, 9.17) is 0 Å². The maximum absolute atomic E-state index is 13.2. The van der Waals surface area contributed by atoms with Crippen LogP contribution in [0.25, 0.3) is 0 Å². The van der Waals surface area contributed by atoms with Crippen LogP contribution in [-0.2, 0) is 6.42 Å². The predicted octanol–water partition coefficient (Wildman–Crippen LogP) is 5.22. The number of benzene rings is 3. The number of phenolic OH excluding ortho intramolecular Hbond substituents is 1. The van der Waals surface area contributed by atoms with Gasteiger partial charge in [-0.1, -0.05) is 71.8 Å². The van der Waals surface area contributed by atoms with E-state index in [1.807, 2.05) is 50.2 Å². The highest BCUT2D eigenvalue weighted by molar-refractivity contribution is 6.03. The first kappa shape index (κ1) is 17.0. The molecular weight excluding hydrogens is 308 g/mol. The van der Waals surface area contributed by atoms with Crippen LogP contribution in [0.4, 0.5) is 0 Å². The summed E-state index contributed by atoms with van der Waals surface area (Å²) in [6.45, 7) is 3.97. The Morgan fingerprint density at radius 3 is 2.20 bits per heavy atom. The Morgan fingerprint density at radius 2 is 1.52 bits per heavy atom. The largest absolute Gasteiger partial charge is 0.507 e. The van der Waals surface area contributed by atoms with Crippen molar-refractivity contribution in [3.8, 4) is 5.75 Å². The highest BCUT2D eigenvalue weighted by atomic mass is 16.3. The van der Waals surface area contributed by atoms with Crippen molar-refractivity contribution in [1.29, 1.82) is 0 Å². The Labute approximate surface area is 148 Å². The lowest BCUT2D eigenvalue weighted by molar-refractivity contribution is 0.0956. The quantitative estimate of drug-likeness (QED) is 0.651. The number of carbonyl (C=O) groups is 1. The standard InChI is InChI=1S/C23H22O2/c1-16-8-11-18(12-9-16)15-20(19-6-4-3-5-7-19)23(25)21-14-17(2)10-13-22(21)24/h3-14,20,24H,15H2,1-2H3. The third-order valence-corrected chi connectivity index (χ3v) is 4.50. The van der Waals surface area contributed by atoms with Gasteiger partial charge in [0.25, 0.3) is 0 Å². The van der Waals surface area contributed by atoms with Gasteiger partial charge in [-0.05, 0) is 43.5 Å². The molecule has 0 amide bonds. The molecule has 0 aromatic heterocycles. The van der Waals surface area contributed by atoms with E-state index >= 15 is 0 Å². The van der Waals surface area contributed by atoms with E-state index in [0.717, 1.165) is 16.7 Å². The minimum absolute atomic E-state index is 0.0421. The van der Waals surface area contributed by atoms with Gasteiger partial charge >= 0.3 is 0 Å². The van der Waals surface area contributed by atoms with Crippen LogP contribution in [-0.4, -0.2) is 10.9 Å². The van der Waals surface area contributed by atoms with E-state index < -0.39 is 0 Å². The topological polar surface area (TPSA) is 37.3 Å². The Balaban J connectivity index is 2.00. The molecule has 25 heavy (non-hydrogen) atoms. The fourth-order valence-corrected chi connectivity index (χ4v) is 3.04. The lowest BCUT2D eigenvalue weighted by Gasteiger charge is -2.18. The molecule has 0 aliphatic rings. The molecule has 1 unspecified atom stereocenters. The monoisotopic (exact) mass is 330 g/mol. The number of hydrogen-bond acceptors (Lipinski definition) is 2. The van der Waals surface area contributed by atoms with Gasteiger partial charge in [0.1, 0.15) is 5.75 Å². The molecule has 2 nitrogen and oxygen atoms in total. The SMILES string of the molecule is Cc1ccc(CC(C(=O)c2cc(C)ccc2O)c2ccccc2)cc1. The van der Waals surface area contributed by atoms with Crippen LogP contribution in [0.2, 0.25) is 0 Å². The normalized spacial score (nSPS) is 11.9. The highest BCUT2D eigenvalue weighted by Gasteiger charge is 2.24. The second kappa shape index (κ2) is 7.35. The Morgan fingerprint density at radius 1 is 0.880 bits per heavy atom. The van der Waals surface area contributed by atoms with Gasteiger partial charge in [0.2, 0.25) is 0 Å². The van der Waals surface area contributed by atoms with Gasteiger partial charge in [-0.2, -0.15) is 0 Å². The van der Waals surface area contributed by atoms with Crippen molar-refractivity contribution in [3.05, 3.63) is 101 Å². The molecule has 0 aliphatic heterocycles. The van der Waals surface area contributed by atoms with Crippen molar-refractivity contribution in [2.75, 3.05) is 0 Å². The maximum Gasteiger partial charge on any atom is 0.174 e. The molecule has 3 rings (SSSR count). The molecule has 3 aromatic rings. The first-order valence-corrected chi connectivity index (χ1v) is 8.49. The van der Waals surface area contributed by atoms with Crippen molar-refractivity contribution in [2.24, 2.45) is 0 Å². The minimum atomic E-state index is -0.323. The summed E-state index contributed by atoms with van der Waals surface area (Å²) in [5, 5.41) is 10.2. The van der Waals surface area contributed by atoms with E-state index in [-0.39, 0.29) is 17.5 Å². The van der Waals surface area contributed by atoms with Crippen molar-refractivity contribution in [1.82, 2.24) is 0 Å². The molecule has 0 fully saturated rings. The number of carbonyl (C=O) groups excluding carboxylic acids is 1. The van der Waals surface area contributed by atoms with Crippen LogP contribution in [0.3, 0.4) is 0 Å². The van der Waals surface area contributed by atoms with Gasteiger partial charge in [-0.25, -0.2) is 0 Å². The summed E-state index contributed by atoms with van der Waals surface area (Å²) in [6.07, 6.45) is 0.608. The van der Waals surface area contributed by atoms with Crippen LogP contribution < -0.4 is 0 Å².